The number of carbonyl (C=O) groups is 2. The Morgan fingerprint density at radius 3 is 2.26 bits per heavy atom. The molecule has 6 nitrogen and oxygen atoms in total. The first-order valence-electron chi connectivity index (χ1n) is 11.7. The lowest BCUT2D eigenvalue weighted by Gasteiger charge is -2.37. The Hall–Kier alpha value is -3.67. The lowest BCUT2D eigenvalue weighted by atomic mass is 9.64. The van der Waals surface area contributed by atoms with Crippen LogP contribution >= 0.6 is 0 Å². The monoisotopic (exact) mass is 458 g/mol. The van der Waals surface area contributed by atoms with E-state index in [2.05, 4.69) is 27.0 Å². The molecule has 0 spiro atoms. The number of ether oxygens (including phenoxy) is 1. The number of hydrogen-bond donors (Lipinski definition) is 1. The van der Waals surface area contributed by atoms with E-state index >= 15 is 0 Å². The molecular formula is C28H32N3O3+. The molecule has 1 heterocycles. The quantitative estimate of drug-likeness (QED) is 0.318. The van der Waals surface area contributed by atoms with E-state index in [1.54, 1.807) is 6.08 Å². The lowest BCUT2D eigenvalue weighted by Crippen LogP contribution is -2.47. The Balaban J connectivity index is 1.65. The molecule has 3 aromatic rings. The summed E-state index contributed by atoms with van der Waals surface area (Å²) in [5.74, 6) is 0.516. The first kappa shape index (κ1) is 23.5. The van der Waals surface area contributed by atoms with Crippen LogP contribution in [-0.4, -0.2) is 23.6 Å². The summed E-state index contributed by atoms with van der Waals surface area (Å²) >= 11 is 0. The first-order chi connectivity index (χ1) is 16.5. The molecule has 1 aromatic heterocycles. The number of amides is 1. The van der Waals surface area contributed by atoms with Gasteiger partial charge in [-0.25, -0.2) is 13.9 Å². The summed E-state index contributed by atoms with van der Waals surface area (Å²) in [4.78, 5) is 24.6. The van der Waals surface area contributed by atoms with Gasteiger partial charge >= 0.3 is 5.97 Å². The van der Waals surface area contributed by atoms with Crippen molar-refractivity contribution in [1.29, 1.82) is 0 Å². The first-order valence-corrected chi connectivity index (χ1v) is 11.7. The lowest BCUT2D eigenvalue weighted by molar-refractivity contribution is -0.692. The molecule has 1 amide bonds. The highest BCUT2D eigenvalue weighted by Crippen LogP contribution is 2.49. The fraction of sp³-hybridized carbons (Fsp3) is 0.321. The molecule has 2 N–H and O–H groups in total. The molecule has 1 fully saturated rings. The van der Waals surface area contributed by atoms with Gasteiger partial charge in [-0.1, -0.05) is 60.7 Å². The summed E-state index contributed by atoms with van der Waals surface area (Å²) in [5.41, 5.74) is 7.25. The summed E-state index contributed by atoms with van der Waals surface area (Å²) in [6.07, 6.45) is 10.1. The third kappa shape index (κ3) is 4.28. The molecule has 176 valence electrons. The van der Waals surface area contributed by atoms with Gasteiger partial charge in [-0.3, -0.25) is 4.79 Å². The highest BCUT2D eigenvalue weighted by Gasteiger charge is 2.51. The molecule has 6 heteroatoms. The Morgan fingerprint density at radius 1 is 1.09 bits per heavy atom. The van der Waals surface area contributed by atoms with Gasteiger partial charge < -0.3 is 10.5 Å². The number of allylic oxidation sites excluding steroid dienone is 1. The topological polar surface area (TPSA) is 78.2 Å². The highest BCUT2D eigenvalue weighted by molar-refractivity contribution is 5.91. The predicted octanol–water partition coefficient (Wildman–Crippen LogP) is 3.63. The number of primary amides is 1. The zero-order chi connectivity index (χ0) is 24.1. The highest BCUT2D eigenvalue weighted by atomic mass is 16.5. The Bertz CT molecular complexity index is 1130. The Morgan fingerprint density at radius 2 is 1.71 bits per heavy atom. The molecule has 0 radical (unpaired) electrons. The van der Waals surface area contributed by atoms with Gasteiger partial charge in [-0.05, 0) is 42.4 Å². The third-order valence-corrected chi connectivity index (χ3v) is 7.21. The smallest absolute Gasteiger partial charge is 0.330 e. The van der Waals surface area contributed by atoms with E-state index in [0.717, 1.165) is 36.2 Å². The summed E-state index contributed by atoms with van der Waals surface area (Å²) in [6.45, 7) is 2.67. The molecule has 2 unspecified atom stereocenters. The number of rotatable bonds is 8. The van der Waals surface area contributed by atoms with Crippen molar-refractivity contribution < 1.29 is 18.9 Å². The number of benzene rings is 2. The van der Waals surface area contributed by atoms with Gasteiger partial charge in [0.15, 0.2) is 0 Å². The van der Waals surface area contributed by atoms with E-state index in [-0.39, 0.29) is 23.8 Å². The minimum atomic E-state index is -0.877. The average molecular weight is 459 g/mol. The molecule has 0 bridgehead atoms. The van der Waals surface area contributed by atoms with Gasteiger partial charge in [0.2, 0.25) is 5.91 Å². The third-order valence-electron chi connectivity index (χ3n) is 7.21. The van der Waals surface area contributed by atoms with Crippen LogP contribution in [-0.2, 0) is 26.3 Å². The van der Waals surface area contributed by atoms with Gasteiger partial charge in [0, 0.05) is 13.0 Å². The second-order valence-corrected chi connectivity index (χ2v) is 8.90. The maximum atomic E-state index is 13.3. The van der Waals surface area contributed by atoms with Crippen LogP contribution in [0.3, 0.4) is 0 Å². The second kappa shape index (κ2) is 10.1. The van der Waals surface area contributed by atoms with Crippen LogP contribution in [0.25, 0.3) is 0 Å². The van der Waals surface area contributed by atoms with E-state index in [1.165, 1.54) is 13.2 Å². The maximum absolute atomic E-state index is 13.3. The number of esters is 1. The molecule has 2 aromatic carbocycles. The molecular weight excluding hydrogens is 426 g/mol. The molecule has 34 heavy (non-hydrogen) atoms. The molecule has 2 atom stereocenters. The number of aromatic nitrogens is 2. The maximum Gasteiger partial charge on any atom is 0.330 e. The van der Waals surface area contributed by atoms with E-state index in [0.29, 0.717) is 6.54 Å². The largest absolute Gasteiger partial charge is 0.466 e. The van der Waals surface area contributed by atoms with Crippen molar-refractivity contribution in [2.75, 3.05) is 7.11 Å². The van der Waals surface area contributed by atoms with Crippen molar-refractivity contribution in [3.05, 3.63) is 102 Å². The van der Waals surface area contributed by atoms with E-state index in [4.69, 9.17) is 5.73 Å². The van der Waals surface area contributed by atoms with E-state index < -0.39 is 5.41 Å². The number of hydrogen-bond acceptors (Lipinski definition) is 3. The van der Waals surface area contributed by atoms with E-state index in [9.17, 15) is 9.59 Å². The van der Waals surface area contributed by atoms with Gasteiger partial charge in [0.1, 0.15) is 30.4 Å². The fourth-order valence-corrected chi connectivity index (χ4v) is 5.56. The second-order valence-electron chi connectivity index (χ2n) is 8.90. The Labute approximate surface area is 200 Å². The summed E-state index contributed by atoms with van der Waals surface area (Å²) < 4.78 is 9.05. The molecule has 1 saturated carbocycles. The number of imidazole rings is 1. The van der Waals surface area contributed by atoms with Crippen LogP contribution in [0.4, 0.5) is 0 Å². The molecule has 1 aliphatic rings. The predicted molar refractivity (Wildman–Crippen MR) is 130 cm³/mol. The van der Waals surface area contributed by atoms with Crippen LogP contribution in [0, 0.1) is 12.8 Å². The van der Waals surface area contributed by atoms with Gasteiger partial charge in [0.05, 0.1) is 7.11 Å². The number of nitrogens with zero attached hydrogens (tertiary/aromatic N) is 2. The SMILES string of the molecule is COC(=O)C=CC[n+]1ccn(C2CCC(C(C(N)=O)(c3ccccc3)c3ccccc3)C2)c1C. The average Bonchev–Trinajstić information content (AvgIpc) is 3.48. The molecule has 4 rings (SSSR count). The summed E-state index contributed by atoms with van der Waals surface area (Å²) in [7, 11) is 1.37. The van der Waals surface area contributed by atoms with Gasteiger partial charge in [0.25, 0.3) is 5.82 Å². The standard InChI is InChI=1S/C28H31N3O3/c1-21-30(17-9-14-26(32)34-2)18-19-31(21)25-16-15-24(20-25)28(27(29)33,22-10-5-3-6-11-22)23-12-7-4-8-13-23/h3-14,18-19,24-25H,15-17,20H2,1-2H3,(H-,29,33)/p+1. The zero-order valence-electron chi connectivity index (χ0n) is 19.8. The van der Waals surface area contributed by atoms with E-state index in [1.807, 2.05) is 66.9 Å². The summed E-state index contributed by atoms with van der Waals surface area (Å²) in [5, 5.41) is 0. The number of carbonyl (C=O) groups excluding carboxylic acids is 2. The number of methoxy groups -OCH3 is 1. The number of nitrogens with two attached hydrogens (primary N) is 1. The van der Waals surface area contributed by atoms with Gasteiger partial charge in [-0.15, -0.1) is 0 Å². The van der Waals surface area contributed by atoms with Crippen molar-refractivity contribution in [3.8, 4) is 0 Å². The molecule has 0 saturated heterocycles. The molecule has 1 aliphatic carbocycles. The van der Waals surface area contributed by atoms with Crippen molar-refractivity contribution in [2.24, 2.45) is 11.7 Å². The van der Waals surface area contributed by atoms with Crippen LogP contribution in [0.1, 0.15) is 42.3 Å². The van der Waals surface area contributed by atoms with Crippen molar-refractivity contribution in [1.82, 2.24) is 4.57 Å². The van der Waals surface area contributed by atoms with Crippen LogP contribution in [0.5, 0.6) is 0 Å². The van der Waals surface area contributed by atoms with Crippen molar-refractivity contribution in [2.45, 2.75) is 44.2 Å². The van der Waals surface area contributed by atoms with Crippen LogP contribution < -0.4 is 10.3 Å². The van der Waals surface area contributed by atoms with Crippen LogP contribution in [0.2, 0.25) is 0 Å². The van der Waals surface area contributed by atoms with Gasteiger partial charge in [-0.2, -0.15) is 0 Å². The molecule has 0 aliphatic heterocycles. The van der Waals surface area contributed by atoms with Crippen LogP contribution in [0.15, 0.2) is 85.2 Å². The minimum absolute atomic E-state index is 0.0780. The fourth-order valence-electron chi connectivity index (χ4n) is 5.56. The Kier molecular flexibility index (Phi) is 6.96. The summed E-state index contributed by atoms with van der Waals surface area (Å²) in [6, 6.07) is 20.2. The zero-order valence-corrected chi connectivity index (χ0v) is 19.8. The van der Waals surface area contributed by atoms with Crippen molar-refractivity contribution in [3.63, 3.8) is 0 Å². The van der Waals surface area contributed by atoms with Crippen molar-refractivity contribution >= 4 is 11.9 Å². The minimum Gasteiger partial charge on any atom is -0.466 e. The normalized spacial score (nSPS) is 18.3.